The number of pyridine rings is 1. The lowest BCUT2D eigenvalue weighted by molar-refractivity contribution is 0.600. The van der Waals surface area contributed by atoms with Crippen molar-refractivity contribution in [1.82, 2.24) is 9.97 Å². The van der Waals surface area contributed by atoms with Gasteiger partial charge in [-0.15, -0.1) is 0 Å². The lowest BCUT2D eigenvalue weighted by Crippen LogP contribution is -2.01. The van der Waals surface area contributed by atoms with Crippen molar-refractivity contribution >= 4 is 48.7 Å². The van der Waals surface area contributed by atoms with Crippen molar-refractivity contribution in [3.05, 3.63) is 54.4 Å². The van der Waals surface area contributed by atoms with Crippen molar-refractivity contribution in [1.29, 1.82) is 0 Å². The number of aromatic nitrogens is 2. The van der Waals surface area contributed by atoms with Crippen molar-refractivity contribution in [3.63, 3.8) is 0 Å². The van der Waals surface area contributed by atoms with Crippen LogP contribution < -0.4 is 11.1 Å². The first kappa shape index (κ1) is 15.2. The Bertz CT molecular complexity index is 1290. The maximum atomic E-state index is 12.3. The number of sulfone groups is 1. The van der Waals surface area contributed by atoms with Crippen LogP contribution in [0.25, 0.3) is 21.8 Å². The van der Waals surface area contributed by atoms with E-state index in [4.69, 9.17) is 5.73 Å². The summed E-state index contributed by atoms with van der Waals surface area (Å²) in [5, 5.41) is 5.25. The molecule has 26 heavy (non-hydrogen) atoms. The van der Waals surface area contributed by atoms with Gasteiger partial charge in [-0.1, -0.05) is 6.07 Å². The zero-order valence-corrected chi connectivity index (χ0v) is 14.6. The van der Waals surface area contributed by atoms with E-state index in [-0.39, 0.29) is 5.75 Å². The van der Waals surface area contributed by atoms with Gasteiger partial charge in [0, 0.05) is 28.2 Å². The highest BCUT2D eigenvalue weighted by Crippen LogP contribution is 2.40. The summed E-state index contributed by atoms with van der Waals surface area (Å²) in [4.78, 5) is 7.97. The third-order valence-corrected chi connectivity index (χ3v) is 6.73. The normalized spacial score (nSPS) is 15.4. The fourth-order valence-corrected chi connectivity index (χ4v) is 5.25. The standard InChI is InChI=1S/C19H16N4O2S/c20-13-10-22-16-4-5-17-12(7-9-26(17,24)25)18(16)19(13)23-15-3-1-2-14-11(15)6-8-21-14/h1-6,8,10,21H,7,9,20H2,(H,22,23). The number of fused-ring (bicyclic) bond motifs is 4. The largest absolute Gasteiger partial charge is 0.396 e. The van der Waals surface area contributed by atoms with Crippen LogP contribution in [0.2, 0.25) is 0 Å². The summed E-state index contributed by atoms with van der Waals surface area (Å²) in [6.45, 7) is 0. The highest BCUT2D eigenvalue weighted by atomic mass is 32.2. The van der Waals surface area contributed by atoms with Gasteiger partial charge in [0.05, 0.1) is 33.7 Å². The van der Waals surface area contributed by atoms with Crippen LogP contribution in [0.3, 0.4) is 0 Å². The molecule has 0 aliphatic carbocycles. The molecule has 5 rings (SSSR count). The fraction of sp³-hybridized carbons (Fsp3) is 0.105. The Morgan fingerprint density at radius 1 is 1.15 bits per heavy atom. The zero-order valence-electron chi connectivity index (χ0n) is 13.8. The quantitative estimate of drug-likeness (QED) is 0.506. The number of nitrogens with one attached hydrogen (secondary N) is 2. The highest BCUT2D eigenvalue weighted by molar-refractivity contribution is 7.91. The van der Waals surface area contributed by atoms with Gasteiger partial charge in [0.2, 0.25) is 0 Å². The summed E-state index contributed by atoms with van der Waals surface area (Å²) in [5.74, 6) is 0.128. The molecule has 0 spiro atoms. The predicted molar refractivity (Wildman–Crippen MR) is 103 cm³/mol. The first-order valence-electron chi connectivity index (χ1n) is 8.30. The summed E-state index contributed by atoms with van der Waals surface area (Å²) in [6, 6.07) is 11.3. The lowest BCUT2D eigenvalue weighted by Gasteiger charge is -2.15. The molecule has 130 valence electrons. The molecule has 2 aromatic heterocycles. The summed E-state index contributed by atoms with van der Waals surface area (Å²) in [5.41, 5.74) is 10.9. The molecule has 3 heterocycles. The molecule has 0 radical (unpaired) electrons. The van der Waals surface area contributed by atoms with Gasteiger partial charge in [-0.05, 0) is 42.3 Å². The Kier molecular flexibility index (Phi) is 3.05. The minimum Gasteiger partial charge on any atom is -0.396 e. The molecule has 0 unspecified atom stereocenters. The van der Waals surface area contributed by atoms with E-state index in [2.05, 4.69) is 15.3 Å². The fourth-order valence-electron chi connectivity index (χ4n) is 3.70. The van der Waals surface area contributed by atoms with E-state index in [0.717, 1.165) is 33.1 Å². The third kappa shape index (κ3) is 2.10. The Labute approximate surface area is 150 Å². The molecule has 2 aromatic carbocycles. The van der Waals surface area contributed by atoms with Crippen LogP contribution >= 0.6 is 0 Å². The average molecular weight is 364 g/mol. The Morgan fingerprint density at radius 2 is 2.04 bits per heavy atom. The molecule has 0 bridgehead atoms. The number of rotatable bonds is 2. The molecular formula is C19H16N4O2S. The number of benzene rings is 2. The first-order chi connectivity index (χ1) is 12.5. The van der Waals surface area contributed by atoms with Crippen LogP contribution in [0.1, 0.15) is 5.56 Å². The summed E-state index contributed by atoms with van der Waals surface area (Å²) in [7, 11) is -3.23. The number of H-pyrrole nitrogens is 1. The molecule has 0 saturated heterocycles. The molecule has 6 nitrogen and oxygen atoms in total. The molecule has 7 heteroatoms. The van der Waals surface area contributed by atoms with Crippen LogP contribution in [-0.2, 0) is 16.3 Å². The highest BCUT2D eigenvalue weighted by Gasteiger charge is 2.29. The molecule has 1 aliphatic heterocycles. The topological polar surface area (TPSA) is 101 Å². The van der Waals surface area contributed by atoms with Crippen molar-refractivity contribution in [2.24, 2.45) is 0 Å². The number of hydrogen-bond acceptors (Lipinski definition) is 5. The van der Waals surface area contributed by atoms with Gasteiger partial charge in [0.15, 0.2) is 9.84 Å². The summed E-state index contributed by atoms with van der Waals surface area (Å²) in [6.07, 6.45) is 3.97. The van der Waals surface area contributed by atoms with Crippen LogP contribution in [0.4, 0.5) is 17.1 Å². The SMILES string of the molecule is Nc1cnc2ccc3c(c2c1Nc1cccc2[nH]ccc12)CCS3(=O)=O. The number of nitrogens with zero attached hydrogens (tertiary/aromatic N) is 1. The molecule has 0 fully saturated rings. The molecule has 1 aliphatic rings. The number of anilines is 3. The minimum atomic E-state index is -3.23. The van der Waals surface area contributed by atoms with E-state index < -0.39 is 9.84 Å². The molecular weight excluding hydrogens is 348 g/mol. The van der Waals surface area contributed by atoms with Crippen LogP contribution in [0.5, 0.6) is 0 Å². The van der Waals surface area contributed by atoms with Crippen LogP contribution in [0.15, 0.2) is 53.7 Å². The van der Waals surface area contributed by atoms with E-state index in [9.17, 15) is 8.42 Å². The zero-order chi connectivity index (χ0) is 17.9. The predicted octanol–water partition coefficient (Wildman–Crippen LogP) is 3.37. The van der Waals surface area contributed by atoms with Gasteiger partial charge in [-0.2, -0.15) is 0 Å². The lowest BCUT2D eigenvalue weighted by atomic mass is 10.0. The van der Waals surface area contributed by atoms with Crippen molar-refractivity contribution in [2.75, 3.05) is 16.8 Å². The maximum absolute atomic E-state index is 12.3. The second-order valence-electron chi connectivity index (χ2n) is 6.46. The second kappa shape index (κ2) is 5.22. The van der Waals surface area contributed by atoms with Crippen LogP contribution in [0, 0.1) is 0 Å². The smallest absolute Gasteiger partial charge is 0.179 e. The Balaban J connectivity index is 1.79. The monoisotopic (exact) mass is 364 g/mol. The molecule has 4 aromatic rings. The number of aryl methyl sites for hydroxylation is 1. The minimum absolute atomic E-state index is 0.128. The van der Waals surface area contributed by atoms with E-state index in [0.29, 0.717) is 22.7 Å². The number of aromatic amines is 1. The van der Waals surface area contributed by atoms with Gasteiger partial charge in [-0.25, -0.2) is 8.42 Å². The van der Waals surface area contributed by atoms with Gasteiger partial charge in [0.25, 0.3) is 0 Å². The van der Waals surface area contributed by atoms with Gasteiger partial charge in [0.1, 0.15) is 0 Å². The van der Waals surface area contributed by atoms with E-state index in [1.165, 1.54) is 0 Å². The molecule has 0 amide bonds. The van der Waals surface area contributed by atoms with Gasteiger partial charge in [-0.3, -0.25) is 4.98 Å². The molecule has 0 saturated carbocycles. The van der Waals surface area contributed by atoms with E-state index in [1.807, 2.05) is 30.5 Å². The van der Waals surface area contributed by atoms with Gasteiger partial charge < -0.3 is 16.0 Å². The number of hydrogen-bond donors (Lipinski definition) is 3. The third-order valence-electron chi connectivity index (χ3n) is 4.94. The summed E-state index contributed by atoms with van der Waals surface area (Å²) >= 11 is 0. The molecule has 0 atom stereocenters. The van der Waals surface area contributed by atoms with Crippen molar-refractivity contribution in [3.8, 4) is 0 Å². The van der Waals surface area contributed by atoms with Crippen molar-refractivity contribution < 1.29 is 8.42 Å². The summed E-state index contributed by atoms with van der Waals surface area (Å²) < 4.78 is 24.6. The maximum Gasteiger partial charge on any atom is 0.179 e. The first-order valence-corrected chi connectivity index (χ1v) is 9.96. The van der Waals surface area contributed by atoms with Crippen LogP contribution in [-0.4, -0.2) is 24.1 Å². The Hall–Kier alpha value is -3.06. The van der Waals surface area contributed by atoms with Crippen molar-refractivity contribution in [2.45, 2.75) is 11.3 Å². The number of nitrogen functional groups attached to an aromatic ring is 1. The second-order valence-corrected chi connectivity index (χ2v) is 8.54. The number of nitrogens with two attached hydrogens (primary N) is 1. The van der Waals surface area contributed by atoms with E-state index in [1.54, 1.807) is 18.3 Å². The van der Waals surface area contributed by atoms with E-state index >= 15 is 0 Å². The Morgan fingerprint density at radius 3 is 2.92 bits per heavy atom. The van der Waals surface area contributed by atoms with Gasteiger partial charge >= 0.3 is 0 Å². The average Bonchev–Trinajstić information content (AvgIpc) is 3.22. The molecule has 4 N–H and O–H groups in total.